The zero-order chi connectivity index (χ0) is 46.1. The van der Waals surface area contributed by atoms with Crippen molar-refractivity contribution in [1.29, 1.82) is 0 Å². The molecule has 0 aliphatic carbocycles. The largest absolute Gasteiger partial charge is 2.00 e. The number of pyridine rings is 1. The fraction of sp³-hybridized carbons (Fsp3) is 0. The number of fused-ring (bicyclic) bond motifs is 9. The van der Waals surface area contributed by atoms with Gasteiger partial charge in [0.2, 0.25) is 5.69 Å². The van der Waals surface area contributed by atoms with E-state index in [-0.39, 0.29) is 21.1 Å². The van der Waals surface area contributed by atoms with Crippen molar-refractivity contribution in [3.63, 3.8) is 0 Å². The molecule has 7 heteroatoms. The first kappa shape index (κ1) is 42.2. The van der Waals surface area contributed by atoms with Gasteiger partial charge in [-0.2, -0.15) is 12.1 Å². The molecule has 0 saturated heterocycles. The van der Waals surface area contributed by atoms with Gasteiger partial charge in [0.25, 0.3) is 5.69 Å². The summed E-state index contributed by atoms with van der Waals surface area (Å²) in [5.41, 5.74) is 13.5. The number of rotatable bonds is 8. The Hall–Kier alpha value is -8.92. The van der Waals surface area contributed by atoms with Crippen LogP contribution in [0.3, 0.4) is 0 Å². The maximum atomic E-state index is 6.69. The molecule has 0 bridgehead atoms. The molecule has 1 aliphatic rings. The molecule has 71 heavy (non-hydrogen) atoms. The summed E-state index contributed by atoms with van der Waals surface area (Å²) in [5.74, 6) is 1.95. The molecule has 6 nitrogen and oxygen atoms in total. The van der Waals surface area contributed by atoms with Crippen molar-refractivity contribution in [2.75, 3.05) is 0 Å². The second kappa shape index (κ2) is 17.2. The van der Waals surface area contributed by atoms with Gasteiger partial charge in [-0.3, -0.25) is 0 Å². The minimum atomic E-state index is 0. The van der Waals surface area contributed by atoms with Crippen LogP contribution >= 0.6 is 0 Å². The Kier molecular flexibility index (Phi) is 10.2. The molecule has 4 heterocycles. The van der Waals surface area contributed by atoms with Crippen molar-refractivity contribution >= 4 is 83.1 Å². The molecule has 0 N–H and O–H groups in total. The van der Waals surface area contributed by atoms with E-state index in [1.54, 1.807) is 0 Å². The molecule has 10 aromatic carbocycles. The van der Waals surface area contributed by atoms with Crippen LogP contribution in [0.4, 0.5) is 22.7 Å². The Bertz CT molecular complexity index is 4190. The van der Waals surface area contributed by atoms with Gasteiger partial charge in [0.05, 0.1) is 27.5 Å². The topological polar surface area (TPSA) is 38.0 Å². The zero-order valence-electron chi connectivity index (χ0n) is 38.0. The Morgan fingerprint density at radius 2 is 1.01 bits per heavy atom. The van der Waals surface area contributed by atoms with Gasteiger partial charge < -0.3 is 13.9 Å². The van der Waals surface area contributed by atoms with Crippen molar-refractivity contribution < 1.29 is 25.8 Å². The summed E-state index contributed by atoms with van der Waals surface area (Å²) in [6, 6.07) is 92.2. The Morgan fingerprint density at radius 3 is 1.68 bits per heavy atom. The summed E-state index contributed by atoms with van der Waals surface area (Å²) in [5, 5.41) is 6.88. The van der Waals surface area contributed by atoms with E-state index >= 15 is 0 Å². The molecule has 334 valence electrons. The number of hydrogen-bond acceptors (Lipinski definition) is 2. The fourth-order valence-corrected chi connectivity index (χ4v) is 10.5. The quantitative estimate of drug-likeness (QED) is 0.112. The Balaban J connectivity index is 0.00000492. The van der Waals surface area contributed by atoms with Crippen LogP contribution in [-0.2, 0) is 21.1 Å². The van der Waals surface area contributed by atoms with Gasteiger partial charge in [0, 0.05) is 45.7 Å². The minimum Gasteiger partial charge on any atom is -0.509 e. The summed E-state index contributed by atoms with van der Waals surface area (Å²) < 4.78 is 15.6. The van der Waals surface area contributed by atoms with Crippen LogP contribution in [0, 0.1) is 12.1 Å². The van der Waals surface area contributed by atoms with Crippen LogP contribution in [-0.4, -0.2) is 20.1 Å². The molecule has 1 aliphatic heterocycles. The summed E-state index contributed by atoms with van der Waals surface area (Å²) >= 11 is 0. The van der Waals surface area contributed by atoms with E-state index in [1.165, 1.54) is 10.8 Å². The van der Waals surface area contributed by atoms with Gasteiger partial charge in [-0.25, -0.2) is 4.98 Å². The standard InChI is InChI=1S/C64H39N5O.Pt/c1-3-18-43(19-4-1)55-39-47(68-57-29-12-9-26-51(57)52-27-10-13-30-58(52)68)40-56(44-20-5-2-6-21-44)63(55)67-42-66(60-36-33-45-22-7-8-25-50(45)64(60)67)46-23-17-24-48(38-46)70-49-34-35-54-53-28-11-14-31-59(53)69(61(54)41-49)62-32-15-16-37-65-62;/h1-37,39-40H;/q;+2. The van der Waals surface area contributed by atoms with Crippen LogP contribution in [0.15, 0.2) is 237 Å². The van der Waals surface area contributed by atoms with E-state index in [9.17, 15) is 0 Å². The first-order valence-electron chi connectivity index (χ1n) is 23.5. The molecule has 0 saturated carbocycles. The number of benzene rings is 10. The molecule has 0 unspecified atom stereocenters. The van der Waals surface area contributed by atoms with E-state index in [2.05, 4.69) is 231 Å². The third kappa shape index (κ3) is 6.95. The molecule has 14 rings (SSSR count). The van der Waals surface area contributed by atoms with Crippen LogP contribution in [0.1, 0.15) is 0 Å². The second-order valence-corrected chi connectivity index (χ2v) is 17.5. The van der Waals surface area contributed by atoms with E-state index < -0.39 is 0 Å². The van der Waals surface area contributed by atoms with Crippen molar-refractivity contribution in [3.05, 3.63) is 249 Å². The summed E-state index contributed by atoms with van der Waals surface area (Å²) in [7, 11) is 0. The maximum absolute atomic E-state index is 6.69. The molecule has 0 atom stereocenters. The van der Waals surface area contributed by atoms with Gasteiger partial charge in [-0.1, -0.05) is 162 Å². The predicted molar refractivity (Wildman–Crippen MR) is 286 cm³/mol. The molecule has 0 radical (unpaired) electrons. The van der Waals surface area contributed by atoms with Crippen LogP contribution in [0.2, 0.25) is 0 Å². The third-order valence-corrected chi connectivity index (χ3v) is 13.5. The summed E-state index contributed by atoms with van der Waals surface area (Å²) in [6.45, 7) is 0. The van der Waals surface area contributed by atoms with Gasteiger partial charge >= 0.3 is 32.8 Å². The van der Waals surface area contributed by atoms with Gasteiger partial charge in [0.15, 0.2) is 0 Å². The number of ether oxygens (including phenoxy) is 1. The second-order valence-electron chi connectivity index (χ2n) is 17.5. The van der Waals surface area contributed by atoms with Crippen LogP contribution in [0.25, 0.3) is 88.1 Å². The predicted octanol–water partition coefficient (Wildman–Crippen LogP) is 16.0. The number of aromatic nitrogens is 3. The molecular weight excluding hydrogens is 1050 g/mol. The Labute approximate surface area is 423 Å². The monoisotopic (exact) mass is 1090 g/mol. The number of hydrogen-bond donors (Lipinski definition) is 0. The number of nitrogens with zero attached hydrogens (tertiary/aromatic N) is 5. The summed E-state index contributed by atoms with van der Waals surface area (Å²) in [6.07, 6.45) is 1.82. The van der Waals surface area contributed by atoms with Crippen molar-refractivity contribution in [1.82, 2.24) is 23.3 Å². The molecule has 13 aromatic rings. The molecule has 0 fully saturated rings. The SMILES string of the molecule is C1=[N+](c2[c-]c(Oc3[c-]c4c(cc3)c3ccccc3n4-c3ccccn3)ccc2)c2ccc3ccccc3c2[N+]=1c1c(-c2ccccc2)cc(-n2c3ccccc3c3ccccc32)cc1-c1ccccc1.[Pt+2]. The van der Waals surface area contributed by atoms with E-state index in [0.717, 1.165) is 100 Å². The average Bonchev–Trinajstić information content (AvgIpc) is 4.10. The smallest absolute Gasteiger partial charge is 0.509 e. The van der Waals surface area contributed by atoms with Crippen molar-refractivity contribution in [2.45, 2.75) is 0 Å². The van der Waals surface area contributed by atoms with Crippen molar-refractivity contribution in [3.8, 4) is 45.3 Å². The molecule has 0 amide bonds. The number of para-hydroxylation sites is 3. The van der Waals surface area contributed by atoms with Crippen LogP contribution in [0.5, 0.6) is 11.5 Å². The minimum absolute atomic E-state index is 0. The first-order valence-corrected chi connectivity index (χ1v) is 23.5. The van der Waals surface area contributed by atoms with E-state index in [4.69, 9.17) is 9.72 Å². The van der Waals surface area contributed by atoms with E-state index in [0.29, 0.717) is 11.5 Å². The molecule has 0 spiro atoms. The normalized spacial score (nSPS) is 12.1. The Morgan fingerprint density at radius 1 is 0.437 bits per heavy atom. The molecule has 3 aromatic heterocycles. The van der Waals surface area contributed by atoms with Gasteiger partial charge in [-0.05, 0) is 81.1 Å². The van der Waals surface area contributed by atoms with Crippen LogP contribution < -0.4 is 13.9 Å². The van der Waals surface area contributed by atoms with E-state index in [1.807, 2.05) is 42.6 Å². The van der Waals surface area contributed by atoms with Gasteiger partial charge in [0.1, 0.15) is 11.5 Å². The first-order chi connectivity index (χ1) is 34.7. The average molecular weight is 1090 g/mol. The zero-order valence-corrected chi connectivity index (χ0v) is 40.2. The maximum Gasteiger partial charge on any atom is 2.00 e. The van der Waals surface area contributed by atoms with Gasteiger partial charge in [-0.15, -0.1) is 23.6 Å². The molecular formula is C64H39N5OPt+2. The third-order valence-electron chi connectivity index (χ3n) is 13.5. The summed E-state index contributed by atoms with van der Waals surface area (Å²) in [4.78, 5) is 4.72. The van der Waals surface area contributed by atoms with Crippen molar-refractivity contribution in [2.24, 2.45) is 0 Å². The fourth-order valence-electron chi connectivity index (χ4n) is 10.5.